The van der Waals surface area contributed by atoms with Crippen molar-refractivity contribution in [2.24, 2.45) is 25.4 Å². The van der Waals surface area contributed by atoms with Gasteiger partial charge in [0, 0.05) is 139 Å². The average Bonchev–Trinajstić information content (AvgIpc) is 1.63. The number of aliphatic imine (C=N–C) groups is 1. The molecule has 0 bridgehead atoms. The number of nitrogens with one attached hydrogen (secondary N) is 5. The number of nitro benzene ring substituents is 5. The number of nitrogens with zero attached hydrogens (tertiary/aromatic N) is 17. The summed E-state index contributed by atoms with van der Waals surface area (Å²) >= 11 is 6.25. The molecule has 0 aliphatic carbocycles. The van der Waals surface area contributed by atoms with Crippen LogP contribution < -0.4 is 29.1 Å². The van der Waals surface area contributed by atoms with Gasteiger partial charge in [0.15, 0.2) is 29.0 Å². The van der Waals surface area contributed by atoms with Crippen molar-refractivity contribution < 1.29 is 76.0 Å². The van der Waals surface area contributed by atoms with E-state index in [4.69, 9.17) is 14.2 Å². The van der Waals surface area contributed by atoms with E-state index < -0.39 is 34.6 Å². The van der Waals surface area contributed by atoms with Crippen molar-refractivity contribution in [1.29, 1.82) is 0 Å². The molecule has 0 atom stereocenters. The van der Waals surface area contributed by atoms with Crippen LogP contribution in [0, 0.1) is 50.6 Å². The number of aromatic amines is 3. The summed E-state index contributed by atoms with van der Waals surface area (Å²) in [6.45, 7) is 10.5. The Balaban J connectivity index is 0.000000144. The fourth-order valence-corrected chi connectivity index (χ4v) is 18.1. The number of hydrogen-bond donors (Lipinski definition) is 5. The fraction of sp³-hybridized carbons (Fsp3) is 0.198. The van der Waals surface area contributed by atoms with Crippen molar-refractivity contribution in [3.8, 4) is 107 Å². The zero-order chi connectivity index (χ0) is 103. The van der Waals surface area contributed by atoms with Gasteiger partial charge < -0.3 is 24.4 Å². The summed E-state index contributed by atoms with van der Waals surface area (Å²) in [7, 11) is -1.46. The smallest absolute Gasteiger partial charge is 0.270 e. The molecule has 5 aliphatic rings. The summed E-state index contributed by atoms with van der Waals surface area (Å²) in [6.07, 6.45) is 4.57. The summed E-state index contributed by atoms with van der Waals surface area (Å²) in [4.78, 5) is 141. The highest BCUT2D eigenvalue weighted by molar-refractivity contribution is 8.14. The summed E-state index contributed by atoms with van der Waals surface area (Å²) in [5, 5.41) is 99.5. The van der Waals surface area contributed by atoms with Gasteiger partial charge in [-0.05, 0) is 181 Å². The van der Waals surface area contributed by atoms with Crippen molar-refractivity contribution in [1.82, 2.24) is 45.5 Å². The third-order valence-electron chi connectivity index (χ3n) is 20.9. The second-order valence-electron chi connectivity index (χ2n) is 32.5. The van der Waals surface area contributed by atoms with E-state index in [1.807, 2.05) is 73.9 Å². The largest absolute Gasteiger partial charge is 0.490 e. The number of sulfonamides is 1. The normalized spacial score (nSPS) is 12.8. The number of Topliss-reactive ketones (excluding diaryl/α,β-unsaturated/α-hetero) is 5. The van der Waals surface area contributed by atoms with E-state index in [1.54, 1.807) is 78.9 Å². The SMILES string of the molecule is CC(=O)CSC1=NN=C(c2cc(-c3ccc(NC(C)=O)cc3)cc([N+](=O)[O-])c2)C1.CC(=O)CSC1=NN=C(c2cc(-c3ccc4c(c3)OCCN4C)cc([N+](=O)[O-])c2)C1.CC(=O)CSc1n[nH]c(-c2cc(-c3ccc4c(c3)N=CC4)cc([N+](=O)[O-])c2)n1.CC(=O)CSc1n[nH]c(-c2cc(-c3ccc4c(c3)OCO4)cc([N+](=O)[O-])c2)n1.CC(=O)CSc1n[nH]c(-c2cc(-c3cccc(NS(C)(=O)=O)c3)cc([N+](=O)[O-])c2)n1. The molecular formula is C96H84N22O21S6. The number of thioether (sulfide) groups is 5. The van der Waals surface area contributed by atoms with Crippen LogP contribution in [0.4, 0.5) is 51.2 Å². The minimum atomic E-state index is -3.47. The predicted octanol–water partition coefficient (Wildman–Crippen LogP) is 18.5. The zero-order valence-corrected chi connectivity index (χ0v) is 82.9. The van der Waals surface area contributed by atoms with Crippen molar-refractivity contribution in [2.45, 2.75) is 76.3 Å². The Kier molecular flexibility index (Phi) is 34.1. The van der Waals surface area contributed by atoms with Crippen molar-refractivity contribution in [3.05, 3.63) is 261 Å². The Morgan fingerprint density at radius 1 is 0.400 bits per heavy atom. The lowest BCUT2D eigenvalue weighted by Crippen LogP contribution is -2.28. The number of H-pyrrole nitrogens is 3. The summed E-state index contributed by atoms with van der Waals surface area (Å²) in [5.74, 6) is 4.46. The highest BCUT2D eigenvalue weighted by atomic mass is 32.2. The molecule has 145 heavy (non-hydrogen) atoms. The van der Waals surface area contributed by atoms with Gasteiger partial charge in [0.2, 0.25) is 38.2 Å². The number of carbonyl (C=O) groups excluding carboxylic acids is 6. The molecule has 0 saturated heterocycles. The van der Waals surface area contributed by atoms with Crippen LogP contribution in [0.2, 0.25) is 0 Å². The lowest BCUT2D eigenvalue weighted by molar-refractivity contribution is -0.385. The molecule has 10 aromatic carbocycles. The van der Waals surface area contributed by atoms with Crippen LogP contribution in [0.3, 0.4) is 0 Å². The van der Waals surface area contributed by atoms with Gasteiger partial charge in [-0.25, -0.2) is 23.4 Å². The van der Waals surface area contributed by atoms with Crippen molar-refractivity contribution in [2.75, 3.05) is 77.0 Å². The van der Waals surface area contributed by atoms with E-state index in [1.165, 1.54) is 143 Å². The van der Waals surface area contributed by atoms with Crippen LogP contribution in [-0.2, 0) is 45.2 Å². The van der Waals surface area contributed by atoms with Crippen molar-refractivity contribution in [3.63, 3.8) is 0 Å². The molecule has 5 N–H and O–H groups in total. The van der Waals surface area contributed by atoms with Crippen LogP contribution in [0.1, 0.15) is 71.1 Å². The van der Waals surface area contributed by atoms with E-state index in [2.05, 4.69) is 85.9 Å². The standard InChI is InChI=1S/C21H20N4O4S.C20H18N4O4S.C19H15N5O3S.C18H17N5O5S2.C18H14N4O5S/c1-13(26)12-30-21-11-18(22-23-21)16-7-15(8-17(9-16)25(27)28)14-3-4-19-20(10-14)29-6-5-24(19)2;1-12(25)11-29-20-10-19(22-23-20)16-7-15(8-18(9-16)24(27)28)14-3-5-17(6-4-14)21-13(2)26;1-11(25)10-28-19-21-18(22-23-19)15-6-14(7-16(8-15)24(26)27)13-3-2-12-4-5-20-17(12)9-13;1-11(24)10-29-18-19-17(20-21-18)14-6-13(8-16(9-14)23(25)26)12-4-3-5-15(7-12)22-30(2,27)28;1-10(23)8-28-18-19-17(20-21-18)13-4-12(5-14(6-13)22(24)25)11-2-3-15-16(7-11)27-9-26-15/h3-4,7-10H,5-6,11-12H2,1-2H3;3-9H,10-11H2,1-2H3,(H,21,26);2-3,5-9H,4,10H2,1H3,(H,21,22,23);3-9,22H,10H2,1-2H3,(H,19,20,21);2-7H,8-9H2,1H3,(H,19,20,21). The van der Waals surface area contributed by atoms with E-state index in [0.29, 0.717) is 164 Å². The fourth-order valence-electron chi connectivity index (χ4n) is 14.3. The number of benzene rings is 10. The second kappa shape index (κ2) is 47.4. The van der Waals surface area contributed by atoms with Gasteiger partial charge in [-0.1, -0.05) is 83.8 Å². The number of ketones is 5. The minimum absolute atomic E-state index is 0.00852. The molecule has 3 aromatic heterocycles. The van der Waals surface area contributed by atoms with Crippen LogP contribution in [0.5, 0.6) is 17.2 Å². The summed E-state index contributed by atoms with van der Waals surface area (Å²) < 4.78 is 41.8. The Morgan fingerprint density at radius 2 is 0.779 bits per heavy atom. The van der Waals surface area contributed by atoms with Gasteiger partial charge in [0.1, 0.15) is 51.4 Å². The molecular weight excluding hydrogens is 1990 g/mol. The van der Waals surface area contributed by atoms with Gasteiger partial charge in [-0.3, -0.25) is 104 Å². The maximum Gasteiger partial charge on any atom is 0.270 e. The van der Waals surface area contributed by atoms with E-state index in [9.17, 15) is 87.8 Å². The van der Waals surface area contributed by atoms with Crippen molar-refractivity contribution >= 4 is 183 Å². The third-order valence-corrected chi connectivity index (χ3v) is 26.7. The molecule has 43 nitrogen and oxygen atoms in total. The number of anilines is 3. The maximum atomic E-state index is 11.5. The van der Waals surface area contributed by atoms with E-state index >= 15 is 0 Å². The first-order chi connectivity index (χ1) is 69.3. The highest BCUT2D eigenvalue weighted by Gasteiger charge is 2.28. The first-order valence-corrected chi connectivity index (χ1v) is 50.3. The summed E-state index contributed by atoms with van der Waals surface area (Å²) in [5.41, 5.74) is 14.7. The van der Waals surface area contributed by atoms with Gasteiger partial charge in [0.05, 0.1) is 89.0 Å². The number of hydrogen-bond acceptors (Lipinski definition) is 38. The van der Waals surface area contributed by atoms with Crippen LogP contribution in [-0.4, -0.2) is 203 Å². The van der Waals surface area contributed by atoms with Crippen LogP contribution in [0.25, 0.3) is 89.8 Å². The number of likely N-dealkylation sites (N-methyl/N-ethyl adjacent to an activating group) is 1. The molecule has 49 heteroatoms. The average molecular weight is 2070 g/mol. The minimum Gasteiger partial charge on any atom is -0.490 e. The number of fused-ring (bicyclic) bond motifs is 3. The number of carbonyl (C=O) groups is 6. The van der Waals surface area contributed by atoms with E-state index in [-0.39, 0.29) is 87.3 Å². The van der Waals surface area contributed by atoms with Crippen LogP contribution in [0.15, 0.2) is 235 Å². The molecule has 8 heterocycles. The number of non-ortho nitro benzene ring substituents is 5. The lowest BCUT2D eigenvalue weighted by Gasteiger charge is -2.28. The molecule has 5 aliphatic heterocycles. The molecule has 0 fully saturated rings. The zero-order valence-electron chi connectivity index (χ0n) is 78.0. The number of rotatable bonds is 31. The Hall–Kier alpha value is -16.5. The topological polar surface area (TPSA) is 594 Å². The number of ether oxygens (including phenoxy) is 3. The van der Waals surface area contributed by atoms with Gasteiger partial charge in [-0.15, -0.1) is 49.0 Å². The number of amides is 1. The Morgan fingerprint density at radius 3 is 1.21 bits per heavy atom. The number of nitro groups is 5. The molecule has 13 aromatic rings. The first-order valence-electron chi connectivity index (χ1n) is 43.5. The molecule has 0 spiro atoms. The third kappa shape index (κ3) is 28.9. The van der Waals surface area contributed by atoms with Gasteiger partial charge in [0.25, 0.3) is 28.4 Å². The van der Waals surface area contributed by atoms with Gasteiger partial charge >= 0.3 is 0 Å². The molecule has 0 unspecified atom stereocenters. The molecule has 0 saturated carbocycles. The quantitative estimate of drug-likeness (QED) is 0.0153. The maximum absolute atomic E-state index is 11.5. The number of aromatic nitrogens is 9. The first kappa shape index (κ1) is 104. The molecule has 740 valence electrons. The predicted molar refractivity (Wildman–Crippen MR) is 556 cm³/mol. The van der Waals surface area contributed by atoms with E-state index in [0.717, 1.165) is 81.0 Å². The molecule has 1 amide bonds. The lowest BCUT2D eigenvalue weighted by atomic mass is 9.98. The van der Waals surface area contributed by atoms with Crippen LogP contribution >= 0.6 is 58.8 Å². The molecule has 18 rings (SSSR count). The highest BCUT2D eigenvalue weighted by Crippen LogP contribution is 2.43. The summed E-state index contributed by atoms with van der Waals surface area (Å²) in [6, 6.07) is 54.3. The second-order valence-corrected chi connectivity index (χ2v) is 39.2. The van der Waals surface area contributed by atoms with Gasteiger partial charge in [-0.2, -0.15) is 10.2 Å². The monoisotopic (exact) mass is 2070 g/mol. The molecule has 0 radical (unpaired) electrons. The Bertz CT molecular complexity index is 7610. The Labute approximate surface area is 845 Å².